The molecule has 2 aromatic carbocycles. The summed E-state index contributed by atoms with van der Waals surface area (Å²) in [5, 5.41) is 2.85. The zero-order valence-electron chi connectivity index (χ0n) is 19.6. The van der Waals surface area contributed by atoms with E-state index in [1.165, 1.54) is 11.2 Å². The molecule has 0 spiro atoms. The van der Waals surface area contributed by atoms with Gasteiger partial charge >= 0.3 is 0 Å². The highest BCUT2D eigenvalue weighted by Crippen LogP contribution is 2.26. The van der Waals surface area contributed by atoms with Crippen molar-refractivity contribution < 1.29 is 18.7 Å². The third-order valence-electron chi connectivity index (χ3n) is 5.36. The Balaban J connectivity index is 1.61. The Hall–Kier alpha value is -4.59. The molecular formula is C27H26N4O4. The third kappa shape index (κ3) is 5.50. The summed E-state index contributed by atoms with van der Waals surface area (Å²) in [5.41, 5.74) is 3.51. The van der Waals surface area contributed by atoms with E-state index in [1.807, 2.05) is 66.2 Å². The van der Waals surface area contributed by atoms with Crippen LogP contribution in [0.4, 0.5) is 5.95 Å². The number of furan rings is 1. The molecule has 2 amide bonds. The van der Waals surface area contributed by atoms with Gasteiger partial charge in [-0.3, -0.25) is 19.5 Å². The van der Waals surface area contributed by atoms with Gasteiger partial charge in [0.1, 0.15) is 12.3 Å². The monoisotopic (exact) mass is 470 g/mol. The van der Waals surface area contributed by atoms with Crippen LogP contribution >= 0.6 is 0 Å². The van der Waals surface area contributed by atoms with Crippen LogP contribution in [0.5, 0.6) is 5.75 Å². The predicted molar refractivity (Wildman–Crippen MR) is 134 cm³/mol. The average Bonchev–Trinajstić information content (AvgIpc) is 3.55. The lowest BCUT2D eigenvalue weighted by Gasteiger charge is -2.19. The molecule has 178 valence electrons. The molecule has 0 fully saturated rings. The van der Waals surface area contributed by atoms with Crippen molar-refractivity contribution in [2.24, 2.45) is 0 Å². The molecule has 0 aliphatic carbocycles. The molecule has 0 saturated heterocycles. The zero-order valence-corrected chi connectivity index (χ0v) is 19.6. The lowest BCUT2D eigenvalue weighted by Crippen LogP contribution is -2.38. The van der Waals surface area contributed by atoms with E-state index in [0.717, 1.165) is 22.6 Å². The minimum Gasteiger partial charge on any atom is -0.497 e. The van der Waals surface area contributed by atoms with Crippen molar-refractivity contribution in [2.45, 2.75) is 6.92 Å². The van der Waals surface area contributed by atoms with E-state index in [9.17, 15) is 9.59 Å². The maximum Gasteiger partial charge on any atom is 0.290 e. The summed E-state index contributed by atoms with van der Waals surface area (Å²) in [6.07, 6.45) is 4.83. The number of carbonyl (C=O) groups is 2. The Labute approximate surface area is 203 Å². The quantitative estimate of drug-likeness (QED) is 0.358. The first-order valence-corrected chi connectivity index (χ1v) is 11.0. The summed E-state index contributed by atoms with van der Waals surface area (Å²) in [6, 6.07) is 18.6. The fraction of sp³-hybridized carbons (Fsp3) is 0.148. The molecule has 8 heteroatoms. The lowest BCUT2D eigenvalue weighted by molar-refractivity contribution is -0.116. The van der Waals surface area contributed by atoms with Gasteiger partial charge in [0.25, 0.3) is 5.91 Å². The molecule has 8 nitrogen and oxygen atoms in total. The van der Waals surface area contributed by atoms with Gasteiger partial charge in [0.05, 0.1) is 19.1 Å². The predicted octanol–water partition coefficient (Wildman–Crippen LogP) is 4.72. The molecule has 0 aliphatic rings. The smallest absolute Gasteiger partial charge is 0.290 e. The van der Waals surface area contributed by atoms with Gasteiger partial charge in [-0.15, -0.1) is 6.58 Å². The number of imidazole rings is 1. The second-order valence-corrected chi connectivity index (χ2v) is 7.88. The first kappa shape index (κ1) is 23.6. The number of nitrogens with one attached hydrogen (secondary N) is 1. The molecule has 35 heavy (non-hydrogen) atoms. The van der Waals surface area contributed by atoms with E-state index in [-0.39, 0.29) is 18.8 Å². The Kier molecular flexibility index (Phi) is 7.11. The van der Waals surface area contributed by atoms with Gasteiger partial charge in [0.15, 0.2) is 5.76 Å². The van der Waals surface area contributed by atoms with Gasteiger partial charge in [0, 0.05) is 24.0 Å². The van der Waals surface area contributed by atoms with E-state index < -0.39 is 11.8 Å². The first-order valence-electron chi connectivity index (χ1n) is 11.0. The van der Waals surface area contributed by atoms with Crippen molar-refractivity contribution in [1.29, 1.82) is 0 Å². The molecule has 4 aromatic rings. The number of amides is 2. The summed E-state index contributed by atoms with van der Waals surface area (Å²) in [6.45, 7) is 5.69. The van der Waals surface area contributed by atoms with Crippen LogP contribution in [0.2, 0.25) is 0 Å². The number of hydrogen-bond donors (Lipinski definition) is 1. The second kappa shape index (κ2) is 10.6. The van der Waals surface area contributed by atoms with Crippen LogP contribution in [0.1, 0.15) is 16.1 Å². The van der Waals surface area contributed by atoms with Crippen molar-refractivity contribution in [3.63, 3.8) is 0 Å². The molecule has 4 rings (SSSR count). The standard InChI is InChI=1S/C27H26N4O4/c1-4-15-30(26(33)24-6-5-16-35-24)18-25(32)29-27-28-23(20-9-13-22(34-3)14-10-20)17-31(27)21-11-7-19(2)8-12-21/h4-14,16-17H,1,15,18H2,2-3H3,(H,28,29,32). The number of anilines is 1. The van der Waals surface area contributed by atoms with Gasteiger partial charge in [0.2, 0.25) is 11.9 Å². The summed E-state index contributed by atoms with van der Waals surface area (Å²) < 4.78 is 12.2. The zero-order chi connectivity index (χ0) is 24.8. The van der Waals surface area contributed by atoms with E-state index in [0.29, 0.717) is 11.6 Å². The Morgan fingerprint density at radius 1 is 1.14 bits per heavy atom. The maximum absolute atomic E-state index is 13.0. The fourth-order valence-electron chi connectivity index (χ4n) is 3.54. The molecule has 0 radical (unpaired) electrons. The fourth-order valence-corrected chi connectivity index (χ4v) is 3.54. The van der Waals surface area contributed by atoms with Crippen molar-refractivity contribution in [3.05, 3.63) is 97.1 Å². The molecule has 2 aromatic heterocycles. The van der Waals surface area contributed by atoms with Crippen LogP contribution in [-0.2, 0) is 4.79 Å². The van der Waals surface area contributed by atoms with Crippen molar-refractivity contribution in [3.8, 4) is 22.7 Å². The molecule has 1 N–H and O–H groups in total. The highest BCUT2D eigenvalue weighted by atomic mass is 16.5. The van der Waals surface area contributed by atoms with Crippen LogP contribution < -0.4 is 10.1 Å². The molecular weight excluding hydrogens is 444 g/mol. The van der Waals surface area contributed by atoms with Crippen LogP contribution in [-0.4, -0.2) is 46.5 Å². The number of methoxy groups -OCH3 is 1. The molecule has 0 bridgehead atoms. The van der Waals surface area contributed by atoms with Crippen molar-refractivity contribution in [1.82, 2.24) is 14.5 Å². The second-order valence-electron chi connectivity index (χ2n) is 7.88. The molecule has 0 atom stereocenters. The normalized spacial score (nSPS) is 10.6. The van der Waals surface area contributed by atoms with Gasteiger partial charge in [-0.25, -0.2) is 4.98 Å². The van der Waals surface area contributed by atoms with Crippen molar-refractivity contribution >= 4 is 17.8 Å². The number of ether oxygens (including phenoxy) is 1. The van der Waals surface area contributed by atoms with Gasteiger partial charge < -0.3 is 14.1 Å². The van der Waals surface area contributed by atoms with Gasteiger partial charge in [-0.05, 0) is 55.5 Å². The molecule has 0 aliphatic heterocycles. The van der Waals surface area contributed by atoms with Crippen LogP contribution in [0.25, 0.3) is 16.9 Å². The highest BCUT2D eigenvalue weighted by molar-refractivity contribution is 5.97. The highest BCUT2D eigenvalue weighted by Gasteiger charge is 2.21. The first-order chi connectivity index (χ1) is 17.0. The van der Waals surface area contributed by atoms with Crippen molar-refractivity contribution in [2.75, 3.05) is 25.5 Å². The topological polar surface area (TPSA) is 89.6 Å². The molecule has 2 heterocycles. The summed E-state index contributed by atoms with van der Waals surface area (Å²) >= 11 is 0. The lowest BCUT2D eigenvalue weighted by atomic mass is 10.1. The van der Waals surface area contributed by atoms with E-state index in [2.05, 4.69) is 16.9 Å². The Morgan fingerprint density at radius 3 is 2.51 bits per heavy atom. The van der Waals surface area contributed by atoms with Gasteiger partial charge in [-0.1, -0.05) is 23.8 Å². The number of hydrogen-bond acceptors (Lipinski definition) is 5. The van der Waals surface area contributed by atoms with E-state index in [1.54, 1.807) is 25.3 Å². The number of benzene rings is 2. The van der Waals surface area contributed by atoms with Crippen LogP contribution in [0.15, 0.2) is 90.2 Å². The number of aromatic nitrogens is 2. The summed E-state index contributed by atoms with van der Waals surface area (Å²) in [5.74, 6) is 0.442. The van der Waals surface area contributed by atoms with Crippen LogP contribution in [0, 0.1) is 6.92 Å². The maximum atomic E-state index is 13.0. The minimum absolute atomic E-state index is 0.155. The van der Waals surface area contributed by atoms with Crippen LogP contribution in [0.3, 0.4) is 0 Å². The van der Waals surface area contributed by atoms with E-state index in [4.69, 9.17) is 9.15 Å². The average molecular weight is 471 g/mol. The Morgan fingerprint density at radius 2 is 1.89 bits per heavy atom. The number of carbonyl (C=O) groups excluding carboxylic acids is 2. The van der Waals surface area contributed by atoms with Gasteiger partial charge in [-0.2, -0.15) is 0 Å². The minimum atomic E-state index is -0.397. The molecule has 0 unspecified atom stereocenters. The third-order valence-corrected chi connectivity index (χ3v) is 5.36. The number of aryl methyl sites for hydroxylation is 1. The summed E-state index contributed by atoms with van der Waals surface area (Å²) in [4.78, 5) is 31.7. The SMILES string of the molecule is C=CCN(CC(=O)Nc1nc(-c2ccc(OC)cc2)cn1-c1ccc(C)cc1)C(=O)c1ccco1. The largest absolute Gasteiger partial charge is 0.497 e. The summed E-state index contributed by atoms with van der Waals surface area (Å²) in [7, 11) is 1.61. The molecule has 0 saturated carbocycles. The Bertz CT molecular complexity index is 1310. The van der Waals surface area contributed by atoms with E-state index >= 15 is 0 Å². The number of nitrogens with zero attached hydrogens (tertiary/aromatic N) is 3. The number of rotatable bonds is 9.